The van der Waals surface area contributed by atoms with Crippen LogP contribution in [-0.4, -0.2) is 25.9 Å². The standard InChI is InChI=1S/C14H21BrN2O2/c1-18-11-4-5-12(15)10(8-11)9-13(17-16)14(19-2)6-3-7-14/h4-5,8,13,17H,3,6-7,9,16H2,1-2H3. The van der Waals surface area contributed by atoms with E-state index in [-0.39, 0.29) is 11.6 Å². The minimum absolute atomic E-state index is 0.106. The third kappa shape index (κ3) is 2.94. The minimum atomic E-state index is -0.128. The fraction of sp³-hybridized carbons (Fsp3) is 0.571. The molecule has 0 saturated heterocycles. The molecule has 2 rings (SSSR count). The molecule has 0 spiro atoms. The number of nitrogens with one attached hydrogen (secondary N) is 1. The number of hydrazine groups is 1. The van der Waals surface area contributed by atoms with Crippen molar-refractivity contribution in [3.05, 3.63) is 28.2 Å². The summed E-state index contributed by atoms with van der Waals surface area (Å²) in [7, 11) is 3.44. The average molecular weight is 329 g/mol. The highest BCUT2D eigenvalue weighted by Gasteiger charge is 2.44. The van der Waals surface area contributed by atoms with Gasteiger partial charge in [0.1, 0.15) is 5.75 Å². The van der Waals surface area contributed by atoms with E-state index >= 15 is 0 Å². The van der Waals surface area contributed by atoms with Gasteiger partial charge in [0.05, 0.1) is 18.8 Å². The number of ether oxygens (including phenoxy) is 2. The van der Waals surface area contributed by atoms with Crippen LogP contribution in [-0.2, 0) is 11.2 Å². The zero-order valence-corrected chi connectivity index (χ0v) is 13.0. The van der Waals surface area contributed by atoms with Crippen molar-refractivity contribution in [1.29, 1.82) is 0 Å². The molecule has 0 aliphatic heterocycles. The first kappa shape index (κ1) is 14.8. The van der Waals surface area contributed by atoms with Gasteiger partial charge in [-0.2, -0.15) is 0 Å². The minimum Gasteiger partial charge on any atom is -0.497 e. The molecule has 0 radical (unpaired) electrons. The van der Waals surface area contributed by atoms with E-state index in [1.165, 1.54) is 12.0 Å². The summed E-state index contributed by atoms with van der Waals surface area (Å²) in [6.07, 6.45) is 4.12. The molecule has 1 aliphatic rings. The number of rotatable bonds is 6. The molecule has 0 heterocycles. The van der Waals surface area contributed by atoms with Crippen LogP contribution in [0.1, 0.15) is 24.8 Å². The Balaban J connectivity index is 2.18. The molecule has 4 nitrogen and oxygen atoms in total. The highest BCUT2D eigenvalue weighted by atomic mass is 79.9. The Morgan fingerprint density at radius 1 is 1.42 bits per heavy atom. The summed E-state index contributed by atoms with van der Waals surface area (Å²) in [5.74, 6) is 6.59. The monoisotopic (exact) mass is 328 g/mol. The third-order valence-corrected chi connectivity index (χ3v) is 4.89. The molecule has 19 heavy (non-hydrogen) atoms. The summed E-state index contributed by atoms with van der Waals surface area (Å²) >= 11 is 3.58. The molecule has 1 atom stereocenters. The Labute approximate surface area is 122 Å². The van der Waals surface area contributed by atoms with Crippen LogP contribution in [0.5, 0.6) is 5.75 Å². The van der Waals surface area contributed by atoms with Gasteiger partial charge in [-0.3, -0.25) is 11.3 Å². The summed E-state index contributed by atoms with van der Waals surface area (Å²) in [4.78, 5) is 0. The first-order valence-corrected chi connectivity index (χ1v) is 7.28. The number of methoxy groups -OCH3 is 2. The fourth-order valence-electron chi connectivity index (χ4n) is 2.67. The number of hydrogen-bond donors (Lipinski definition) is 2. The zero-order chi connectivity index (χ0) is 13.9. The maximum atomic E-state index is 5.74. The topological polar surface area (TPSA) is 56.5 Å². The van der Waals surface area contributed by atoms with Gasteiger partial charge in [0.25, 0.3) is 0 Å². The van der Waals surface area contributed by atoms with Gasteiger partial charge in [-0.05, 0) is 49.4 Å². The summed E-state index contributed by atoms with van der Waals surface area (Å²) in [5.41, 5.74) is 3.97. The van der Waals surface area contributed by atoms with E-state index in [0.29, 0.717) is 0 Å². The molecule has 3 N–H and O–H groups in total. The van der Waals surface area contributed by atoms with Crippen molar-refractivity contribution in [1.82, 2.24) is 5.43 Å². The van der Waals surface area contributed by atoms with Crippen molar-refractivity contribution < 1.29 is 9.47 Å². The van der Waals surface area contributed by atoms with Crippen LogP contribution >= 0.6 is 15.9 Å². The lowest BCUT2D eigenvalue weighted by Crippen LogP contribution is -2.59. The van der Waals surface area contributed by atoms with Crippen molar-refractivity contribution in [3.8, 4) is 5.75 Å². The normalized spacial score (nSPS) is 18.7. The van der Waals surface area contributed by atoms with Crippen molar-refractivity contribution >= 4 is 15.9 Å². The van der Waals surface area contributed by atoms with Crippen molar-refractivity contribution in [2.45, 2.75) is 37.3 Å². The van der Waals surface area contributed by atoms with Gasteiger partial charge in [-0.1, -0.05) is 15.9 Å². The summed E-state index contributed by atoms with van der Waals surface area (Å²) in [6.45, 7) is 0. The quantitative estimate of drug-likeness (QED) is 0.622. The first-order chi connectivity index (χ1) is 9.15. The molecule has 1 fully saturated rings. The van der Waals surface area contributed by atoms with Crippen molar-refractivity contribution in [3.63, 3.8) is 0 Å². The van der Waals surface area contributed by atoms with E-state index in [2.05, 4.69) is 21.4 Å². The van der Waals surface area contributed by atoms with Gasteiger partial charge in [-0.25, -0.2) is 0 Å². The van der Waals surface area contributed by atoms with E-state index in [9.17, 15) is 0 Å². The smallest absolute Gasteiger partial charge is 0.119 e. The predicted octanol–water partition coefficient (Wildman–Crippen LogP) is 2.40. The second-order valence-electron chi connectivity index (χ2n) is 5.00. The van der Waals surface area contributed by atoms with E-state index in [1.807, 2.05) is 18.2 Å². The molecule has 1 aromatic rings. The SMILES string of the molecule is COc1ccc(Br)c(CC(NN)C2(OC)CCC2)c1. The van der Waals surface area contributed by atoms with Gasteiger partial charge in [0, 0.05) is 11.6 Å². The van der Waals surface area contributed by atoms with Crippen LogP contribution in [0.2, 0.25) is 0 Å². The van der Waals surface area contributed by atoms with Gasteiger partial charge in [0.15, 0.2) is 0 Å². The number of halogens is 1. The van der Waals surface area contributed by atoms with E-state index in [1.54, 1.807) is 14.2 Å². The van der Waals surface area contributed by atoms with Crippen molar-refractivity contribution in [2.24, 2.45) is 5.84 Å². The lowest BCUT2D eigenvalue weighted by Gasteiger charge is -2.46. The fourth-order valence-corrected chi connectivity index (χ4v) is 3.08. The molecule has 0 aromatic heterocycles. The molecule has 106 valence electrons. The predicted molar refractivity (Wildman–Crippen MR) is 79.1 cm³/mol. The number of nitrogens with two attached hydrogens (primary N) is 1. The first-order valence-electron chi connectivity index (χ1n) is 6.49. The van der Waals surface area contributed by atoms with Crippen LogP contribution in [0.3, 0.4) is 0 Å². The maximum absolute atomic E-state index is 5.74. The highest BCUT2D eigenvalue weighted by molar-refractivity contribution is 9.10. The zero-order valence-electron chi connectivity index (χ0n) is 11.4. The molecule has 1 aromatic carbocycles. The lowest BCUT2D eigenvalue weighted by atomic mass is 9.73. The van der Waals surface area contributed by atoms with Crippen molar-refractivity contribution in [2.75, 3.05) is 14.2 Å². The molecule has 5 heteroatoms. The van der Waals surface area contributed by atoms with Crippen LogP contribution in [0.4, 0.5) is 0 Å². The van der Waals surface area contributed by atoms with E-state index in [0.717, 1.165) is 29.5 Å². The molecular weight excluding hydrogens is 308 g/mol. The van der Waals surface area contributed by atoms with Gasteiger partial charge >= 0.3 is 0 Å². The second kappa shape index (κ2) is 6.22. The maximum Gasteiger partial charge on any atom is 0.119 e. The Kier molecular flexibility index (Phi) is 4.84. The van der Waals surface area contributed by atoms with Crippen LogP contribution in [0, 0.1) is 0 Å². The molecule has 0 bridgehead atoms. The Morgan fingerprint density at radius 3 is 2.63 bits per heavy atom. The summed E-state index contributed by atoms with van der Waals surface area (Å²) < 4.78 is 12.0. The Hall–Kier alpha value is -0.620. The van der Waals surface area contributed by atoms with Gasteiger partial charge < -0.3 is 9.47 Å². The molecule has 1 saturated carbocycles. The van der Waals surface area contributed by atoms with E-state index < -0.39 is 0 Å². The van der Waals surface area contributed by atoms with Crippen LogP contribution < -0.4 is 16.0 Å². The third-order valence-electron chi connectivity index (χ3n) is 4.12. The molecular formula is C14H21BrN2O2. The van der Waals surface area contributed by atoms with Gasteiger partial charge in [-0.15, -0.1) is 0 Å². The molecule has 0 amide bonds. The molecule has 1 aliphatic carbocycles. The Bertz CT molecular complexity index is 430. The largest absolute Gasteiger partial charge is 0.497 e. The van der Waals surface area contributed by atoms with Gasteiger partial charge in [0.2, 0.25) is 0 Å². The molecule has 1 unspecified atom stereocenters. The Morgan fingerprint density at radius 2 is 2.16 bits per heavy atom. The second-order valence-corrected chi connectivity index (χ2v) is 5.86. The summed E-state index contributed by atoms with van der Waals surface area (Å²) in [6, 6.07) is 6.08. The van der Waals surface area contributed by atoms with Crippen LogP contribution in [0.25, 0.3) is 0 Å². The lowest BCUT2D eigenvalue weighted by molar-refractivity contribution is -0.0982. The summed E-state index contributed by atoms with van der Waals surface area (Å²) in [5, 5.41) is 0. The van der Waals surface area contributed by atoms with E-state index in [4.69, 9.17) is 15.3 Å². The number of hydrogen-bond acceptors (Lipinski definition) is 4. The highest BCUT2D eigenvalue weighted by Crippen LogP contribution is 2.39. The number of benzene rings is 1. The average Bonchev–Trinajstić information content (AvgIpc) is 2.39. The van der Waals surface area contributed by atoms with Crippen LogP contribution in [0.15, 0.2) is 22.7 Å².